The number of hydrogen-bond acceptors (Lipinski definition) is 5. The second-order valence-corrected chi connectivity index (χ2v) is 9.47. The van der Waals surface area contributed by atoms with Gasteiger partial charge in [-0.3, -0.25) is 4.90 Å². The number of rotatable bonds is 4. The SMILES string of the molecule is Cc1ccc(S(=O)(=O)N2CC(N3CCN(c4ncccc4Cl)CC3)C2)cc1. The highest BCUT2D eigenvalue weighted by atomic mass is 35.5. The van der Waals surface area contributed by atoms with Crippen molar-refractivity contribution in [2.75, 3.05) is 44.2 Å². The van der Waals surface area contributed by atoms with Gasteiger partial charge in [0, 0.05) is 51.5 Å². The number of halogens is 1. The van der Waals surface area contributed by atoms with Crippen molar-refractivity contribution in [1.82, 2.24) is 14.2 Å². The second-order valence-electron chi connectivity index (χ2n) is 7.12. The third-order valence-corrected chi connectivity index (χ3v) is 7.50. The zero-order valence-corrected chi connectivity index (χ0v) is 16.8. The van der Waals surface area contributed by atoms with Crippen LogP contribution in [0.1, 0.15) is 5.56 Å². The maximum Gasteiger partial charge on any atom is 0.243 e. The Morgan fingerprint density at radius 2 is 1.70 bits per heavy atom. The fourth-order valence-corrected chi connectivity index (χ4v) is 5.37. The smallest absolute Gasteiger partial charge is 0.243 e. The molecular formula is C19H23ClN4O2S. The van der Waals surface area contributed by atoms with Crippen molar-refractivity contribution in [1.29, 1.82) is 0 Å². The van der Waals surface area contributed by atoms with Crippen molar-refractivity contribution < 1.29 is 8.42 Å². The first-order valence-electron chi connectivity index (χ1n) is 9.11. The van der Waals surface area contributed by atoms with Gasteiger partial charge in [-0.05, 0) is 31.2 Å². The van der Waals surface area contributed by atoms with Gasteiger partial charge in [-0.1, -0.05) is 29.3 Å². The molecule has 2 saturated heterocycles. The Bertz CT molecular complexity index is 906. The number of hydrogen-bond donors (Lipinski definition) is 0. The minimum absolute atomic E-state index is 0.284. The van der Waals surface area contributed by atoms with Crippen LogP contribution in [0.3, 0.4) is 0 Å². The van der Waals surface area contributed by atoms with E-state index in [-0.39, 0.29) is 6.04 Å². The molecule has 0 unspecified atom stereocenters. The van der Waals surface area contributed by atoms with Gasteiger partial charge < -0.3 is 4.90 Å². The van der Waals surface area contributed by atoms with Crippen LogP contribution < -0.4 is 4.90 Å². The number of anilines is 1. The molecule has 3 heterocycles. The van der Waals surface area contributed by atoms with Crippen molar-refractivity contribution in [2.45, 2.75) is 17.9 Å². The minimum Gasteiger partial charge on any atom is -0.353 e. The predicted octanol–water partition coefficient (Wildman–Crippen LogP) is 2.24. The highest BCUT2D eigenvalue weighted by Gasteiger charge is 2.40. The fraction of sp³-hybridized carbons (Fsp3) is 0.421. The van der Waals surface area contributed by atoms with E-state index in [1.165, 1.54) is 0 Å². The summed E-state index contributed by atoms with van der Waals surface area (Å²) in [6.45, 7) is 6.52. The van der Waals surface area contributed by atoms with E-state index in [4.69, 9.17) is 11.6 Å². The van der Waals surface area contributed by atoms with Crippen LogP contribution in [0, 0.1) is 6.92 Å². The molecule has 2 aliphatic rings. The average molecular weight is 407 g/mol. The van der Waals surface area contributed by atoms with Gasteiger partial charge in [-0.25, -0.2) is 13.4 Å². The summed E-state index contributed by atoms with van der Waals surface area (Å²) in [6, 6.07) is 11.0. The number of pyridine rings is 1. The number of piperazine rings is 1. The van der Waals surface area contributed by atoms with Gasteiger partial charge in [0.1, 0.15) is 5.82 Å². The van der Waals surface area contributed by atoms with Gasteiger partial charge >= 0.3 is 0 Å². The van der Waals surface area contributed by atoms with E-state index < -0.39 is 10.0 Å². The molecule has 144 valence electrons. The van der Waals surface area contributed by atoms with Crippen LogP contribution in [-0.4, -0.2) is 67.9 Å². The Kier molecular flexibility index (Phi) is 5.11. The highest BCUT2D eigenvalue weighted by Crippen LogP contribution is 2.27. The van der Waals surface area contributed by atoms with Gasteiger partial charge in [-0.15, -0.1) is 0 Å². The summed E-state index contributed by atoms with van der Waals surface area (Å²) in [5, 5.41) is 0.671. The Hall–Kier alpha value is -1.67. The number of aryl methyl sites for hydroxylation is 1. The first-order valence-corrected chi connectivity index (χ1v) is 10.9. The molecule has 0 spiro atoms. The standard InChI is InChI=1S/C19H23ClN4O2S/c1-15-4-6-17(7-5-15)27(25,26)24-13-16(14-24)22-9-11-23(12-10-22)19-18(20)3-2-8-21-19/h2-8,16H,9-14H2,1H3. The van der Waals surface area contributed by atoms with Gasteiger partial charge in [0.15, 0.2) is 0 Å². The summed E-state index contributed by atoms with van der Waals surface area (Å²) in [5.41, 5.74) is 1.06. The lowest BCUT2D eigenvalue weighted by Crippen LogP contribution is -2.64. The maximum atomic E-state index is 12.7. The molecule has 1 aromatic carbocycles. The Morgan fingerprint density at radius 1 is 1.04 bits per heavy atom. The van der Waals surface area contributed by atoms with Crippen LogP contribution in [0.15, 0.2) is 47.5 Å². The van der Waals surface area contributed by atoms with Crippen molar-refractivity contribution >= 4 is 27.4 Å². The molecule has 2 fully saturated rings. The van der Waals surface area contributed by atoms with Crippen molar-refractivity contribution in [3.05, 3.63) is 53.2 Å². The fourth-order valence-electron chi connectivity index (χ4n) is 3.61. The summed E-state index contributed by atoms with van der Waals surface area (Å²) in [5.74, 6) is 0.830. The summed E-state index contributed by atoms with van der Waals surface area (Å²) in [7, 11) is -3.38. The topological polar surface area (TPSA) is 56.8 Å². The van der Waals surface area contributed by atoms with Gasteiger partial charge in [0.05, 0.1) is 9.92 Å². The normalized spacial score (nSPS) is 19.9. The number of sulfonamides is 1. The zero-order valence-electron chi connectivity index (χ0n) is 15.3. The second kappa shape index (κ2) is 7.39. The van der Waals surface area contributed by atoms with Gasteiger partial charge in [0.2, 0.25) is 10.0 Å². The molecule has 0 atom stereocenters. The van der Waals surface area contributed by atoms with E-state index in [9.17, 15) is 8.42 Å². The first-order chi connectivity index (χ1) is 12.9. The Morgan fingerprint density at radius 3 is 2.33 bits per heavy atom. The maximum absolute atomic E-state index is 12.7. The quantitative estimate of drug-likeness (QED) is 0.779. The van der Waals surface area contributed by atoms with E-state index in [1.54, 1.807) is 22.6 Å². The van der Waals surface area contributed by atoms with E-state index in [0.717, 1.165) is 37.6 Å². The molecular weight excluding hydrogens is 384 g/mol. The molecule has 0 bridgehead atoms. The lowest BCUT2D eigenvalue weighted by molar-refractivity contribution is 0.0827. The van der Waals surface area contributed by atoms with Crippen molar-refractivity contribution in [2.24, 2.45) is 0 Å². The summed E-state index contributed by atoms with van der Waals surface area (Å²) in [4.78, 5) is 9.32. The van der Waals surface area contributed by atoms with Crippen LogP contribution >= 0.6 is 11.6 Å². The van der Waals surface area contributed by atoms with Gasteiger partial charge in [0.25, 0.3) is 0 Å². The van der Waals surface area contributed by atoms with E-state index in [1.807, 2.05) is 31.2 Å². The third-order valence-electron chi connectivity index (χ3n) is 5.36. The molecule has 0 radical (unpaired) electrons. The molecule has 0 N–H and O–H groups in total. The molecule has 2 aliphatic heterocycles. The summed E-state index contributed by atoms with van der Waals surface area (Å²) >= 11 is 6.24. The van der Waals surface area contributed by atoms with Crippen molar-refractivity contribution in [3.8, 4) is 0 Å². The van der Waals surface area contributed by atoms with E-state index in [2.05, 4.69) is 14.8 Å². The molecule has 0 aliphatic carbocycles. The molecule has 0 saturated carbocycles. The number of nitrogens with zero attached hydrogens (tertiary/aromatic N) is 4. The molecule has 8 heteroatoms. The molecule has 2 aromatic rings. The first kappa shape index (κ1) is 18.7. The highest BCUT2D eigenvalue weighted by molar-refractivity contribution is 7.89. The molecule has 1 aromatic heterocycles. The third kappa shape index (κ3) is 3.69. The molecule has 6 nitrogen and oxygen atoms in total. The molecule has 0 amide bonds. The number of benzene rings is 1. The molecule has 27 heavy (non-hydrogen) atoms. The minimum atomic E-state index is -3.38. The van der Waals surface area contributed by atoms with E-state index >= 15 is 0 Å². The lowest BCUT2D eigenvalue weighted by Gasteiger charge is -2.47. The monoisotopic (exact) mass is 406 g/mol. The Balaban J connectivity index is 1.33. The van der Waals surface area contributed by atoms with Crippen LogP contribution in [0.4, 0.5) is 5.82 Å². The van der Waals surface area contributed by atoms with Gasteiger partial charge in [-0.2, -0.15) is 4.31 Å². The Labute approximate surface area is 165 Å². The van der Waals surface area contributed by atoms with Crippen LogP contribution in [0.25, 0.3) is 0 Å². The van der Waals surface area contributed by atoms with E-state index in [0.29, 0.717) is 23.0 Å². The summed E-state index contributed by atoms with van der Waals surface area (Å²) < 4.78 is 27.0. The van der Waals surface area contributed by atoms with Crippen LogP contribution in [0.2, 0.25) is 5.02 Å². The largest absolute Gasteiger partial charge is 0.353 e. The van der Waals surface area contributed by atoms with Crippen LogP contribution in [-0.2, 0) is 10.0 Å². The summed E-state index contributed by atoms with van der Waals surface area (Å²) in [6.07, 6.45) is 1.76. The van der Waals surface area contributed by atoms with Crippen LogP contribution in [0.5, 0.6) is 0 Å². The predicted molar refractivity (Wildman–Crippen MR) is 107 cm³/mol. The number of aromatic nitrogens is 1. The molecule has 4 rings (SSSR count). The zero-order chi connectivity index (χ0) is 19.0. The lowest BCUT2D eigenvalue weighted by atomic mass is 10.1. The average Bonchev–Trinajstić information content (AvgIpc) is 2.62. The van der Waals surface area contributed by atoms with Crippen molar-refractivity contribution in [3.63, 3.8) is 0 Å².